The van der Waals surface area contributed by atoms with Gasteiger partial charge in [-0.25, -0.2) is 17.6 Å². The molecule has 2 aromatic rings. The van der Waals surface area contributed by atoms with Crippen molar-refractivity contribution in [1.82, 2.24) is 4.90 Å². The summed E-state index contributed by atoms with van der Waals surface area (Å²) >= 11 is 0. The number of halogens is 1. The topological polar surface area (TPSA) is 66.5 Å². The maximum atomic E-state index is 13.0. The Morgan fingerprint density at radius 2 is 1.60 bits per heavy atom. The number of nitrogens with zero attached hydrogens (tertiary/aromatic N) is 1. The fourth-order valence-corrected chi connectivity index (χ4v) is 4.64. The minimum absolute atomic E-state index is 0.126. The van der Waals surface area contributed by atoms with Crippen LogP contribution in [0.5, 0.6) is 0 Å². The number of urea groups is 1. The number of carbonyl (C=O) groups is 1. The van der Waals surface area contributed by atoms with Gasteiger partial charge >= 0.3 is 6.03 Å². The lowest BCUT2D eigenvalue weighted by Gasteiger charge is -2.31. The Labute approximate surface area is 146 Å². The smallest absolute Gasteiger partial charge is 0.321 e. The third-order valence-electron chi connectivity index (χ3n) is 4.34. The van der Waals surface area contributed by atoms with Crippen molar-refractivity contribution in [3.05, 3.63) is 60.4 Å². The average molecular weight is 362 g/mol. The molecule has 132 valence electrons. The monoisotopic (exact) mass is 362 g/mol. The second kappa shape index (κ2) is 7.23. The zero-order valence-corrected chi connectivity index (χ0v) is 14.4. The predicted molar refractivity (Wildman–Crippen MR) is 93.6 cm³/mol. The Kier molecular flexibility index (Phi) is 5.03. The SMILES string of the molecule is O=C(Nc1ccccc1)N1CCC(S(=O)(=O)c2ccc(F)cc2)CC1. The van der Waals surface area contributed by atoms with Crippen LogP contribution < -0.4 is 5.32 Å². The standard InChI is InChI=1S/C18H19FN2O3S/c19-14-6-8-16(9-7-14)25(23,24)17-10-12-21(13-11-17)18(22)20-15-4-2-1-3-5-15/h1-9,17H,10-13H2,(H,20,22). The number of anilines is 1. The van der Waals surface area contributed by atoms with Gasteiger partial charge in [0.25, 0.3) is 0 Å². The van der Waals surface area contributed by atoms with Crippen molar-refractivity contribution in [1.29, 1.82) is 0 Å². The fraction of sp³-hybridized carbons (Fsp3) is 0.278. The largest absolute Gasteiger partial charge is 0.324 e. The highest BCUT2D eigenvalue weighted by Gasteiger charge is 2.32. The molecule has 0 spiro atoms. The lowest BCUT2D eigenvalue weighted by atomic mass is 10.1. The van der Waals surface area contributed by atoms with Crippen LogP contribution in [0, 0.1) is 5.82 Å². The second-order valence-electron chi connectivity index (χ2n) is 5.98. The molecule has 0 bridgehead atoms. The first kappa shape index (κ1) is 17.4. The Morgan fingerprint density at radius 3 is 2.20 bits per heavy atom. The van der Waals surface area contributed by atoms with E-state index in [0.29, 0.717) is 31.6 Å². The van der Waals surface area contributed by atoms with Crippen LogP contribution in [0.3, 0.4) is 0 Å². The number of sulfone groups is 1. The van der Waals surface area contributed by atoms with Gasteiger partial charge in [-0.15, -0.1) is 0 Å². The molecule has 1 N–H and O–H groups in total. The highest BCUT2D eigenvalue weighted by molar-refractivity contribution is 7.92. The van der Waals surface area contributed by atoms with Crippen molar-refractivity contribution in [2.24, 2.45) is 0 Å². The Hall–Kier alpha value is -2.41. The number of hydrogen-bond acceptors (Lipinski definition) is 3. The molecule has 7 heteroatoms. The van der Waals surface area contributed by atoms with Crippen LogP contribution in [0.1, 0.15) is 12.8 Å². The highest BCUT2D eigenvalue weighted by Crippen LogP contribution is 2.25. The molecular weight excluding hydrogens is 343 g/mol. The van der Waals surface area contributed by atoms with E-state index >= 15 is 0 Å². The van der Waals surface area contributed by atoms with E-state index in [-0.39, 0.29) is 10.9 Å². The summed E-state index contributed by atoms with van der Waals surface area (Å²) in [7, 11) is -3.51. The third-order valence-corrected chi connectivity index (χ3v) is 6.61. The van der Waals surface area contributed by atoms with Crippen molar-refractivity contribution < 1.29 is 17.6 Å². The van der Waals surface area contributed by atoms with Gasteiger partial charge in [0, 0.05) is 18.8 Å². The van der Waals surface area contributed by atoms with E-state index < -0.39 is 20.9 Å². The van der Waals surface area contributed by atoms with E-state index in [1.807, 2.05) is 18.2 Å². The quantitative estimate of drug-likeness (QED) is 0.852. The van der Waals surface area contributed by atoms with Gasteiger partial charge in [-0.05, 0) is 49.2 Å². The van der Waals surface area contributed by atoms with E-state index in [0.717, 1.165) is 12.1 Å². The first-order chi connectivity index (χ1) is 12.0. The van der Waals surface area contributed by atoms with Crippen molar-refractivity contribution in [2.45, 2.75) is 23.0 Å². The maximum Gasteiger partial charge on any atom is 0.321 e. The summed E-state index contributed by atoms with van der Waals surface area (Å²) in [5.41, 5.74) is 0.702. The summed E-state index contributed by atoms with van der Waals surface area (Å²) in [6, 6.07) is 13.8. The highest BCUT2D eigenvalue weighted by atomic mass is 32.2. The molecule has 0 saturated carbocycles. The van der Waals surface area contributed by atoms with E-state index in [1.165, 1.54) is 12.1 Å². The molecule has 0 aromatic heterocycles. The molecular formula is C18H19FN2O3S. The normalized spacial score (nSPS) is 15.8. The van der Waals surface area contributed by atoms with E-state index in [2.05, 4.69) is 5.32 Å². The van der Waals surface area contributed by atoms with Gasteiger partial charge in [0.2, 0.25) is 0 Å². The average Bonchev–Trinajstić information content (AvgIpc) is 2.63. The van der Waals surface area contributed by atoms with Gasteiger partial charge in [0.1, 0.15) is 5.82 Å². The predicted octanol–water partition coefficient (Wildman–Crippen LogP) is 3.30. The zero-order valence-electron chi connectivity index (χ0n) is 13.6. The lowest BCUT2D eigenvalue weighted by molar-refractivity contribution is 0.200. The number of amides is 2. The van der Waals surface area contributed by atoms with Crippen LogP contribution in [0.25, 0.3) is 0 Å². The minimum Gasteiger partial charge on any atom is -0.324 e. The summed E-state index contributed by atoms with van der Waals surface area (Å²) in [6.45, 7) is 0.730. The van der Waals surface area contributed by atoms with Crippen LogP contribution in [0.15, 0.2) is 59.5 Å². The third kappa shape index (κ3) is 3.99. The fourth-order valence-electron chi connectivity index (χ4n) is 2.91. The van der Waals surface area contributed by atoms with Crippen molar-refractivity contribution in [3.63, 3.8) is 0 Å². The van der Waals surface area contributed by atoms with Crippen LogP contribution >= 0.6 is 0 Å². The molecule has 1 fully saturated rings. The van der Waals surface area contributed by atoms with Gasteiger partial charge in [0.15, 0.2) is 9.84 Å². The number of rotatable bonds is 3. The van der Waals surface area contributed by atoms with Crippen molar-refractivity contribution >= 4 is 21.6 Å². The molecule has 2 amide bonds. The number of nitrogens with one attached hydrogen (secondary N) is 1. The summed E-state index contributed by atoms with van der Waals surface area (Å²) in [4.78, 5) is 14.0. The summed E-state index contributed by atoms with van der Waals surface area (Å²) < 4.78 is 38.2. The minimum atomic E-state index is -3.51. The van der Waals surface area contributed by atoms with E-state index in [9.17, 15) is 17.6 Å². The first-order valence-electron chi connectivity index (χ1n) is 8.07. The Bertz CT molecular complexity index is 830. The number of likely N-dealkylation sites (tertiary alicyclic amines) is 1. The van der Waals surface area contributed by atoms with Gasteiger partial charge in [0.05, 0.1) is 10.1 Å². The van der Waals surface area contributed by atoms with Gasteiger partial charge < -0.3 is 10.2 Å². The second-order valence-corrected chi connectivity index (χ2v) is 8.21. The molecule has 0 atom stereocenters. The first-order valence-corrected chi connectivity index (χ1v) is 9.62. The van der Waals surface area contributed by atoms with E-state index in [1.54, 1.807) is 17.0 Å². The van der Waals surface area contributed by atoms with Crippen LogP contribution in [0.2, 0.25) is 0 Å². The van der Waals surface area contributed by atoms with Crippen molar-refractivity contribution in [3.8, 4) is 0 Å². The molecule has 5 nitrogen and oxygen atoms in total. The number of carbonyl (C=O) groups excluding carboxylic acids is 1. The van der Waals surface area contributed by atoms with Crippen molar-refractivity contribution in [2.75, 3.05) is 18.4 Å². The summed E-state index contributed by atoms with van der Waals surface area (Å²) in [6.07, 6.45) is 0.726. The molecule has 0 aliphatic carbocycles. The maximum absolute atomic E-state index is 13.0. The Balaban J connectivity index is 1.61. The molecule has 1 heterocycles. The number of hydrogen-bond donors (Lipinski definition) is 1. The van der Waals surface area contributed by atoms with Crippen LogP contribution in [-0.2, 0) is 9.84 Å². The molecule has 0 radical (unpaired) electrons. The molecule has 25 heavy (non-hydrogen) atoms. The molecule has 0 unspecified atom stereocenters. The van der Waals surface area contributed by atoms with Gasteiger partial charge in [-0.2, -0.15) is 0 Å². The van der Waals surface area contributed by atoms with E-state index in [4.69, 9.17) is 0 Å². The number of para-hydroxylation sites is 1. The van der Waals surface area contributed by atoms with Gasteiger partial charge in [-0.3, -0.25) is 0 Å². The number of piperidine rings is 1. The summed E-state index contributed by atoms with van der Waals surface area (Å²) in [5, 5.41) is 2.24. The molecule has 3 rings (SSSR count). The molecule has 1 saturated heterocycles. The van der Waals surface area contributed by atoms with Crippen LogP contribution in [-0.4, -0.2) is 37.7 Å². The number of benzene rings is 2. The molecule has 2 aromatic carbocycles. The lowest BCUT2D eigenvalue weighted by Crippen LogP contribution is -2.44. The summed E-state index contributed by atoms with van der Waals surface area (Å²) in [5.74, 6) is -0.466. The van der Waals surface area contributed by atoms with Gasteiger partial charge in [-0.1, -0.05) is 18.2 Å². The molecule has 1 aliphatic heterocycles. The Morgan fingerprint density at radius 1 is 1.00 bits per heavy atom. The molecule has 1 aliphatic rings. The zero-order chi connectivity index (χ0) is 17.9. The van der Waals surface area contributed by atoms with Crippen LogP contribution in [0.4, 0.5) is 14.9 Å².